The molecule has 2 aromatic rings. The van der Waals surface area contributed by atoms with Gasteiger partial charge in [0.1, 0.15) is 11.3 Å². The van der Waals surface area contributed by atoms with Crippen LogP contribution in [0.15, 0.2) is 24.4 Å². The number of hydrogen-bond acceptors (Lipinski definition) is 4. The highest BCUT2D eigenvalue weighted by Crippen LogP contribution is 2.59. The summed E-state index contributed by atoms with van der Waals surface area (Å²) in [5, 5.41) is 3.34. The Labute approximate surface area is 190 Å². The average Bonchev–Trinajstić information content (AvgIpc) is 3.19. The summed E-state index contributed by atoms with van der Waals surface area (Å²) in [5.74, 6) is 2.77. The van der Waals surface area contributed by atoms with Gasteiger partial charge in [0.25, 0.3) is 5.91 Å². The lowest BCUT2D eigenvalue weighted by Gasteiger charge is -2.56. The Morgan fingerprint density at radius 2 is 1.78 bits per heavy atom. The highest BCUT2D eigenvalue weighted by molar-refractivity contribution is 5.93. The van der Waals surface area contributed by atoms with Crippen LogP contribution in [0.25, 0.3) is 5.65 Å². The van der Waals surface area contributed by atoms with Crippen LogP contribution in [0.4, 0.5) is 0 Å². The van der Waals surface area contributed by atoms with Crippen LogP contribution in [0.2, 0.25) is 0 Å². The Bertz CT molecular complexity index is 954. The van der Waals surface area contributed by atoms with Crippen molar-refractivity contribution in [3.63, 3.8) is 0 Å². The molecule has 1 aliphatic heterocycles. The normalized spacial score (nSPS) is 32.6. The lowest BCUT2D eigenvalue weighted by atomic mass is 9.49. The molecule has 5 fully saturated rings. The molecule has 4 bridgehead atoms. The number of aromatic nitrogens is 2. The van der Waals surface area contributed by atoms with Gasteiger partial charge in [-0.1, -0.05) is 6.07 Å². The minimum Gasteiger partial charge on any atom is -0.350 e. The summed E-state index contributed by atoms with van der Waals surface area (Å²) in [6.45, 7) is 3.99. The zero-order chi connectivity index (χ0) is 21.7. The molecule has 0 radical (unpaired) electrons. The van der Waals surface area contributed by atoms with Gasteiger partial charge in [0.05, 0.1) is 5.69 Å². The highest BCUT2D eigenvalue weighted by atomic mass is 16.1. The molecule has 0 aromatic carbocycles. The molecule has 32 heavy (non-hydrogen) atoms. The molecule has 3 heterocycles. The topological polar surface area (TPSA) is 75.7 Å². The van der Waals surface area contributed by atoms with E-state index in [9.17, 15) is 4.79 Å². The number of hydrogen-bond donors (Lipinski definition) is 2. The molecule has 0 unspecified atom stereocenters. The molecule has 172 valence electrons. The summed E-state index contributed by atoms with van der Waals surface area (Å²) >= 11 is 0. The molecule has 4 aliphatic carbocycles. The maximum Gasteiger partial charge on any atom is 0.268 e. The number of amides is 1. The van der Waals surface area contributed by atoms with Crippen molar-refractivity contribution in [1.82, 2.24) is 19.6 Å². The minimum atomic E-state index is 0.0420. The van der Waals surface area contributed by atoms with Gasteiger partial charge in [0, 0.05) is 31.7 Å². The number of rotatable bonds is 6. The second kappa shape index (κ2) is 8.14. The van der Waals surface area contributed by atoms with Crippen LogP contribution in [0, 0.1) is 23.2 Å². The van der Waals surface area contributed by atoms with Gasteiger partial charge in [-0.05, 0) is 99.8 Å². The molecule has 6 nitrogen and oxygen atoms in total. The van der Waals surface area contributed by atoms with Gasteiger partial charge in [0.2, 0.25) is 0 Å². The Balaban J connectivity index is 1.12. The zero-order valence-electron chi connectivity index (χ0n) is 19.1. The molecule has 5 aliphatic rings. The SMILES string of the molecule is NC1CCN(CCc2cn3c(C(=O)NCC45CC6CC(CC(C6)C4)C5)cccc3n2)CC1. The highest BCUT2D eigenvalue weighted by Gasteiger charge is 2.50. The van der Waals surface area contributed by atoms with Gasteiger partial charge in [-0.3, -0.25) is 9.20 Å². The maximum atomic E-state index is 13.2. The third-order valence-corrected chi connectivity index (χ3v) is 8.88. The van der Waals surface area contributed by atoms with Crippen molar-refractivity contribution in [2.24, 2.45) is 28.9 Å². The van der Waals surface area contributed by atoms with Crippen molar-refractivity contribution >= 4 is 11.6 Å². The van der Waals surface area contributed by atoms with Crippen molar-refractivity contribution in [2.75, 3.05) is 26.2 Å². The number of imidazole rings is 1. The van der Waals surface area contributed by atoms with E-state index < -0.39 is 0 Å². The first kappa shape index (κ1) is 20.7. The second-order valence-electron chi connectivity index (χ2n) is 11.4. The molecule has 1 amide bonds. The van der Waals surface area contributed by atoms with Crippen molar-refractivity contribution in [3.05, 3.63) is 35.8 Å². The number of pyridine rings is 1. The first-order valence-corrected chi connectivity index (χ1v) is 12.8. The fraction of sp³-hybridized carbons (Fsp3) is 0.692. The maximum absolute atomic E-state index is 13.2. The van der Waals surface area contributed by atoms with E-state index in [0.717, 1.165) is 74.5 Å². The van der Waals surface area contributed by atoms with Gasteiger partial charge in [-0.25, -0.2) is 4.98 Å². The van der Waals surface area contributed by atoms with E-state index in [4.69, 9.17) is 10.7 Å². The summed E-state index contributed by atoms with van der Waals surface area (Å²) < 4.78 is 1.98. The quantitative estimate of drug-likeness (QED) is 0.730. The monoisotopic (exact) mass is 435 g/mol. The molecule has 1 saturated heterocycles. The summed E-state index contributed by atoms with van der Waals surface area (Å²) in [6, 6.07) is 6.25. The van der Waals surface area contributed by atoms with Gasteiger partial charge in [-0.15, -0.1) is 0 Å². The van der Waals surface area contributed by atoms with Crippen LogP contribution in [-0.2, 0) is 6.42 Å². The van der Waals surface area contributed by atoms with Gasteiger partial charge < -0.3 is 16.0 Å². The Kier molecular flexibility index (Phi) is 5.26. The standard InChI is InChI=1S/C26H37N5O/c27-21-4-7-30(8-5-21)9-6-22-16-31-23(2-1-3-24(31)29-22)25(32)28-17-26-13-18-10-19(14-26)12-20(11-18)15-26/h1-3,16,18-21H,4-15,17,27H2,(H,28,32). The van der Waals surface area contributed by atoms with Crippen LogP contribution in [0.3, 0.4) is 0 Å². The molecular formula is C26H37N5O. The largest absolute Gasteiger partial charge is 0.350 e. The number of piperidine rings is 1. The molecule has 7 rings (SSSR count). The van der Waals surface area contributed by atoms with Crippen LogP contribution >= 0.6 is 0 Å². The fourth-order valence-corrected chi connectivity index (χ4v) is 7.68. The molecule has 4 saturated carbocycles. The fourth-order valence-electron chi connectivity index (χ4n) is 7.68. The first-order chi connectivity index (χ1) is 15.6. The molecule has 2 aromatic heterocycles. The Morgan fingerprint density at radius 3 is 2.47 bits per heavy atom. The van der Waals surface area contributed by atoms with E-state index in [0.29, 0.717) is 17.2 Å². The molecule has 3 N–H and O–H groups in total. The Hall–Kier alpha value is -1.92. The molecule has 0 spiro atoms. The van der Waals surface area contributed by atoms with E-state index in [2.05, 4.69) is 16.4 Å². The number of likely N-dealkylation sites (tertiary alicyclic amines) is 1. The van der Waals surface area contributed by atoms with Gasteiger partial charge in [0.15, 0.2) is 0 Å². The van der Waals surface area contributed by atoms with E-state index in [-0.39, 0.29) is 5.91 Å². The van der Waals surface area contributed by atoms with Gasteiger partial charge in [-0.2, -0.15) is 0 Å². The first-order valence-electron chi connectivity index (χ1n) is 12.8. The lowest BCUT2D eigenvalue weighted by molar-refractivity contribution is -0.0503. The number of carbonyl (C=O) groups excluding carboxylic acids is 1. The van der Waals surface area contributed by atoms with Crippen LogP contribution in [0.1, 0.15) is 67.5 Å². The Morgan fingerprint density at radius 1 is 1.09 bits per heavy atom. The summed E-state index contributed by atoms with van der Waals surface area (Å²) in [7, 11) is 0. The predicted octanol–water partition coefficient (Wildman–Crippen LogP) is 3.25. The van der Waals surface area contributed by atoms with E-state index >= 15 is 0 Å². The summed E-state index contributed by atoms with van der Waals surface area (Å²) in [6.07, 6.45) is 13.4. The molecule has 0 atom stereocenters. The molecular weight excluding hydrogens is 398 g/mol. The zero-order valence-corrected chi connectivity index (χ0v) is 19.1. The van der Waals surface area contributed by atoms with Crippen LogP contribution in [0.5, 0.6) is 0 Å². The third-order valence-electron chi connectivity index (χ3n) is 8.88. The van der Waals surface area contributed by atoms with Crippen molar-refractivity contribution < 1.29 is 4.79 Å². The van der Waals surface area contributed by atoms with E-state index in [1.54, 1.807) is 0 Å². The summed E-state index contributed by atoms with van der Waals surface area (Å²) in [4.78, 5) is 20.5. The third kappa shape index (κ3) is 3.96. The van der Waals surface area contributed by atoms with Crippen molar-refractivity contribution in [1.29, 1.82) is 0 Å². The summed E-state index contributed by atoms with van der Waals surface area (Å²) in [5.41, 5.74) is 9.01. The van der Waals surface area contributed by atoms with Gasteiger partial charge >= 0.3 is 0 Å². The van der Waals surface area contributed by atoms with Crippen molar-refractivity contribution in [2.45, 2.75) is 63.8 Å². The number of nitrogens with zero attached hydrogens (tertiary/aromatic N) is 3. The lowest BCUT2D eigenvalue weighted by Crippen LogP contribution is -2.51. The van der Waals surface area contributed by atoms with E-state index in [1.165, 1.54) is 38.5 Å². The number of fused-ring (bicyclic) bond motifs is 1. The second-order valence-corrected chi connectivity index (χ2v) is 11.4. The number of nitrogens with one attached hydrogen (secondary N) is 1. The van der Waals surface area contributed by atoms with E-state index in [1.807, 2.05) is 22.6 Å². The average molecular weight is 436 g/mol. The molecule has 6 heteroatoms. The number of carbonyl (C=O) groups is 1. The minimum absolute atomic E-state index is 0.0420. The van der Waals surface area contributed by atoms with Crippen LogP contribution in [-0.4, -0.2) is 52.4 Å². The number of nitrogens with two attached hydrogens (primary N) is 1. The van der Waals surface area contributed by atoms with Crippen molar-refractivity contribution in [3.8, 4) is 0 Å². The van der Waals surface area contributed by atoms with Crippen LogP contribution < -0.4 is 11.1 Å². The smallest absolute Gasteiger partial charge is 0.268 e. The predicted molar refractivity (Wildman–Crippen MR) is 125 cm³/mol.